The number of nitrogens with zero attached hydrogens (tertiary/aromatic N) is 1. The van der Waals surface area contributed by atoms with E-state index in [1.165, 1.54) is 16.8 Å². The fourth-order valence-electron chi connectivity index (χ4n) is 2.51. The third kappa shape index (κ3) is 3.50. The summed E-state index contributed by atoms with van der Waals surface area (Å²) in [5.74, 6) is 0. The number of aryl methyl sites for hydroxylation is 1. The van der Waals surface area contributed by atoms with Gasteiger partial charge in [0.05, 0.1) is 18.3 Å². The maximum absolute atomic E-state index is 11.8. The second-order valence-corrected chi connectivity index (χ2v) is 6.89. The number of fused-ring (bicyclic) bond motifs is 3. The molecule has 0 aromatic carbocycles. The first kappa shape index (κ1) is 15.7. The summed E-state index contributed by atoms with van der Waals surface area (Å²) in [6.07, 6.45) is 4.73. The monoisotopic (exact) mass is 308 g/mol. The summed E-state index contributed by atoms with van der Waals surface area (Å²) in [7, 11) is 0. The molecule has 3 rings (SSSR count). The molecular weight excluding hydrogens is 288 g/mol. The van der Waals surface area contributed by atoms with Crippen LogP contribution >= 0.6 is 11.3 Å². The van der Waals surface area contributed by atoms with Crippen LogP contribution in [0.15, 0.2) is 11.1 Å². The van der Waals surface area contributed by atoms with Gasteiger partial charge in [-0.1, -0.05) is 13.8 Å². The van der Waals surface area contributed by atoms with Gasteiger partial charge in [0, 0.05) is 4.88 Å². The number of ether oxygens (including phenoxy) is 1. The van der Waals surface area contributed by atoms with Crippen molar-refractivity contribution in [2.45, 2.75) is 40.0 Å². The van der Waals surface area contributed by atoms with Crippen LogP contribution in [0, 0.1) is 5.41 Å². The first-order valence-corrected chi connectivity index (χ1v) is 7.83. The van der Waals surface area contributed by atoms with E-state index >= 15 is 0 Å². The fraction of sp³-hybridized carbons (Fsp3) is 0.533. The van der Waals surface area contributed by atoms with E-state index in [0.29, 0.717) is 18.5 Å². The van der Waals surface area contributed by atoms with E-state index in [9.17, 15) is 9.59 Å². The van der Waals surface area contributed by atoms with Gasteiger partial charge in [-0.3, -0.25) is 9.59 Å². The van der Waals surface area contributed by atoms with Crippen LogP contribution in [-0.2, 0) is 22.4 Å². The highest BCUT2D eigenvalue weighted by Gasteiger charge is 2.29. The molecule has 5 nitrogen and oxygen atoms in total. The number of thiophene rings is 1. The highest BCUT2D eigenvalue weighted by molar-refractivity contribution is 7.18. The number of aromatic amines is 1. The number of hydrogen-bond donors (Lipinski definition) is 1. The summed E-state index contributed by atoms with van der Waals surface area (Å²) in [6, 6.07) is 0. The van der Waals surface area contributed by atoms with Crippen LogP contribution in [-0.4, -0.2) is 23.0 Å². The second-order valence-electron chi connectivity index (χ2n) is 5.81. The molecule has 0 amide bonds. The minimum Gasteiger partial charge on any atom is -0.468 e. The van der Waals surface area contributed by atoms with Crippen molar-refractivity contribution in [3.8, 4) is 0 Å². The lowest BCUT2D eigenvalue weighted by molar-refractivity contribution is -0.128. The molecule has 0 bridgehead atoms. The summed E-state index contributed by atoms with van der Waals surface area (Å²) in [6.45, 7) is 7.24. The van der Waals surface area contributed by atoms with Crippen LogP contribution in [0.4, 0.5) is 0 Å². The number of rotatable bonds is 2. The Labute approximate surface area is 127 Å². The van der Waals surface area contributed by atoms with E-state index in [1.807, 2.05) is 0 Å². The van der Waals surface area contributed by atoms with Crippen molar-refractivity contribution in [2.75, 3.05) is 6.61 Å². The normalized spacial score (nSPS) is 15.8. The Morgan fingerprint density at radius 2 is 2.29 bits per heavy atom. The average molecular weight is 308 g/mol. The lowest BCUT2D eigenvalue weighted by Gasteiger charge is -2.29. The lowest BCUT2D eigenvalue weighted by atomic mass is 9.77. The number of carbonyl (C=O) groups is 1. The van der Waals surface area contributed by atoms with Gasteiger partial charge in [0.15, 0.2) is 0 Å². The van der Waals surface area contributed by atoms with Crippen molar-refractivity contribution in [1.29, 1.82) is 0 Å². The smallest absolute Gasteiger partial charge is 0.293 e. The molecule has 0 spiro atoms. The zero-order chi connectivity index (χ0) is 15.5. The van der Waals surface area contributed by atoms with Crippen LogP contribution in [0.5, 0.6) is 0 Å². The first-order valence-electron chi connectivity index (χ1n) is 7.01. The molecular formula is C15H20N2O3S. The maximum Gasteiger partial charge on any atom is 0.293 e. The fourth-order valence-corrected chi connectivity index (χ4v) is 3.95. The van der Waals surface area contributed by atoms with Crippen molar-refractivity contribution < 1.29 is 9.53 Å². The Kier molecular flexibility index (Phi) is 4.77. The molecule has 2 heterocycles. The summed E-state index contributed by atoms with van der Waals surface area (Å²) in [5, 5.41) is 0.831. The molecule has 0 atom stereocenters. The predicted molar refractivity (Wildman–Crippen MR) is 83.7 cm³/mol. The van der Waals surface area contributed by atoms with E-state index in [-0.39, 0.29) is 5.56 Å². The highest BCUT2D eigenvalue weighted by Crippen LogP contribution is 2.40. The van der Waals surface area contributed by atoms with Crippen LogP contribution in [0.2, 0.25) is 0 Å². The molecule has 0 unspecified atom stereocenters. The van der Waals surface area contributed by atoms with Crippen molar-refractivity contribution in [1.82, 2.24) is 9.97 Å². The van der Waals surface area contributed by atoms with Gasteiger partial charge in [0.25, 0.3) is 12.0 Å². The quantitative estimate of drug-likeness (QED) is 0.866. The standard InChI is InChI=1S/C12H14N2OS.C3H6O2/c1-12(2)4-3-7-8(5-12)16-11-9(7)10(15)13-6-14-11;1-2-5-3-4/h6H,3-5H2,1-2H3,(H,13,14,15);3H,2H2,1H3. The van der Waals surface area contributed by atoms with Gasteiger partial charge < -0.3 is 9.72 Å². The Bertz CT molecular complexity index is 688. The molecule has 114 valence electrons. The molecule has 0 saturated carbocycles. The van der Waals surface area contributed by atoms with Crippen molar-refractivity contribution >= 4 is 28.0 Å². The molecule has 1 aliphatic carbocycles. The molecule has 0 fully saturated rings. The van der Waals surface area contributed by atoms with Gasteiger partial charge in [-0.15, -0.1) is 11.3 Å². The summed E-state index contributed by atoms with van der Waals surface area (Å²) >= 11 is 1.69. The van der Waals surface area contributed by atoms with Crippen molar-refractivity contribution in [2.24, 2.45) is 5.41 Å². The zero-order valence-corrected chi connectivity index (χ0v) is 13.4. The number of H-pyrrole nitrogens is 1. The number of carbonyl (C=O) groups excluding carboxylic acids is 1. The van der Waals surface area contributed by atoms with Crippen LogP contribution in [0.25, 0.3) is 10.2 Å². The molecule has 6 heteroatoms. The molecule has 2 aromatic rings. The van der Waals surface area contributed by atoms with Gasteiger partial charge in [-0.2, -0.15) is 0 Å². The van der Waals surface area contributed by atoms with Gasteiger partial charge in [0.2, 0.25) is 0 Å². The predicted octanol–water partition coefficient (Wildman–Crippen LogP) is 2.68. The summed E-state index contributed by atoms with van der Waals surface area (Å²) in [5.41, 5.74) is 1.62. The Hall–Kier alpha value is -1.69. The zero-order valence-electron chi connectivity index (χ0n) is 12.6. The number of aromatic nitrogens is 2. The van der Waals surface area contributed by atoms with Crippen LogP contribution in [0.3, 0.4) is 0 Å². The Morgan fingerprint density at radius 3 is 2.90 bits per heavy atom. The van der Waals surface area contributed by atoms with E-state index in [1.54, 1.807) is 18.3 Å². The summed E-state index contributed by atoms with van der Waals surface area (Å²) in [4.78, 5) is 30.1. The molecule has 1 aliphatic rings. The van der Waals surface area contributed by atoms with Gasteiger partial charge in [-0.25, -0.2) is 4.98 Å². The van der Waals surface area contributed by atoms with Gasteiger partial charge in [-0.05, 0) is 37.2 Å². The second kappa shape index (κ2) is 6.39. The molecule has 0 radical (unpaired) electrons. The molecule has 2 aromatic heterocycles. The Morgan fingerprint density at radius 1 is 1.52 bits per heavy atom. The number of hydrogen-bond acceptors (Lipinski definition) is 5. The topological polar surface area (TPSA) is 72.1 Å². The van der Waals surface area contributed by atoms with Gasteiger partial charge in [0.1, 0.15) is 4.83 Å². The largest absolute Gasteiger partial charge is 0.468 e. The average Bonchev–Trinajstić information content (AvgIpc) is 2.77. The van der Waals surface area contributed by atoms with Crippen LogP contribution < -0.4 is 5.56 Å². The minimum atomic E-state index is 0.0159. The maximum atomic E-state index is 11.8. The van der Waals surface area contributed by atoms with E-state index < -0.39 is 0 Å². The highest BCUT2D eigenvalue weighted by atomic mass is 32.1. The van der Waals surface area contributed by atoms with E-state index in [4.69, 9.17) is 0 Å². The molecule has 21 heavy (non-hydrogen) atoms. The van der Waals surface area contributed by atoms with Crippen molar-refractivity contribution in [3.05, 3.63) is 27.1 Å². The third-order valence-electron chi connectivity index (χ3n) is 3.60. The van der Waals surface area contributed by atoms with Gasteiger partial charge >= 0.3 is 0 Å². The first-order chi connectivity index (χ1) is 9.98. The van der Waals surface area contributed by atoms with E-state index in [0.717, 1.165) is 29.5 Å². The van der Waals surface area contributed by atoms with Crippen LogP contribution in [0.1, 0.15) is 37.6 Å². The van der Waals surface area contributed by atoms with E-state index in [2.05, 4.69) is 28.6 Å². The molecule has 0 aliphatic heterocycles. The summed E-state index contributed by atoms with van der Waals surface area (Å²) < 4.78 is 4.15. The minimum absolute atomic E-state index is 0.0159. The Balaban J connectivity index is 0.000000282. The van der Waals surface area contributed by atoms with Crippen molar-refractivity contribution in [3.63, 3.8) is 0 Å². The lowest BCUT2D eigenvalue weighted by Crippen LogP contribution is -2.21. The molecule has 0 saturated heterocycles. The SMILES string of the molecule is CC1(C)CCc2c(sc3nc[nH]c(=O)c23)C1.CCOC=O. The number of nitrogens with one attached hydrogen (secondary N) is 1. The molecule has 1 N–H and O–H groups in total. The third-order valence-corrected chi connectivity index (χ3v) is 4.74.